The SMILES string of the molecule is COc1cc(/C=N/N2C(=O)[C@@H]3[C@@H]4C=C[C@H]([C@H]5C[C@H]45)[C@@H]3C2=O)cc(Br)c1O. The fourth-order valence-electron chi connectivity index (χ4n) is 5.00. The molecule has 4 aliphatic carbocycles. The Morgan fingerprint density at radius 1 is 1.19 bits per heavy atom. The van der Waals surface area contributed by atoms with Crippen molar-refractivity contribution in [3.05, 3.63) is 34.3 Å². The maximum atomic E-state index is 12.9. The molecule has 1 aromatic carbocycles. The lowest BCUT2D eigenvalue weighted by Crippen LogP contribution is -2.40. The van der Waals surface area contributed by atoms with Crippen LogP contribution in [0.25, 0.3) is 0 Å². The molecule has 3 fully saturated rings. The lowest BCUT2D eigenvalue weighted by atomic mass is 9.63. The number of allylic oxidation sites excluding steroid dienone is 2. The van der Waals surface area contributed by atoms with Crippen LogP contribution in [0.5, 0.6) is 11.5 Å². The number of halogens is 1. The first-order valence-electron chi connectivity index (χ1n) is 8.68. The topological polar surface area (TPSA) is 79.2 Å². The van der Waals surface area contributed by atoms with Gasteiger partial charge in [0, 0.05) is 0 Å². The van der Waals surface area contributed by atoms with E-state index in [-0.39, 0.29) is 47.0 Å². The fraction of sp³-hybridized carbons (Fsp3) is 0.421. The van der Waals surface area contributed by atoms with Crippen molar-refractivity contribution in [2.45, 2.75) is 6.42 Å². The van der Waals surface area contributed by atoms with Gasteiger partial charge in [-0.1, -0.05) is 12.2 Å². The number of amides is 2. The van der Waals surface area contributed by atoms with Gasteiger partial charge in [-0.3, -0.25) is 9.59 Å². The summed E-state index contributed by atoms with van der Waals surface area (Å²) in [5.74, 6) is 0.926. The summed E-state index contributed by atoms with van der Waals surface area (Å²) in [4.78, 5) is 25.7. The number of aromatic hydroxyl groups is 1. The largest absolute Gasteiger partial charge is 0.503 e. The van der Waals surface area contributed by atoms with Gasteiger partial charge in [0.05, 0.1) is 29.6 Å². The first-order valence-corrected chi connectivity index (χ1v) is 9.47. The number of rotatable bonds is 3. The number of ether oxygens (including phenoxy) is 1. The Balaban J connectivity index is 1.44. The van der Waals surface area contributed by atoms with Gasteiger partial charge in [-0.15, -0.1) is 0 Å². The number of phenolic OH excluding ortho intramolecular Hbond substituents is 1. The van der Waals surface area contributed by atoms with E-state index in [2.05, 4.69) is 33.2 Å². The second-order valence-electron chi connectivity index (χ2n) is 7.44. The molecule has 0 spiro atoms. The van der Waals surface area contributed by atoms with Gasteiger partial charge in [0.15, 0.2) is 11.5 Å². The molecule has 7 heteroatoms. The van der Waals surface area contributed by atoms with E-state index in [1.54, 1.807) is 12.1 Å². The first-order chi connectivity index (χ1) is 12.5. The Morgan fingerprint density at radius 3 is 2.38 bits per heavy atom. The lowest BCUT2D eigenvalue weighted by molar-refractivity contribution is -0.140. The van der Waals surface area contributed by atoms with Crippen molar-refractivity contribution < 1.29 is 19.4 Å². The van der Waals surface area contributed by atoms with Crippen molar-refractivity contribution in [3.63, 3.8) is 0 Å². The highest BCUT2D eigenvalue weighted by Crippen LogP contribution is 2.65. The van der Waals surface area contributed by atoms with Crippen LogP contribution in [0.1, 0.15) is 12.0 Å². The molecule has 0 unspecified atom stereocenters. The van der Waals surface area contributed by atoms with Crippen molar-refractivity contribution in [1.82, 2.24) is 5.01 Å². The highest BCUT2D eigenvalue weighted by molar-refractivity contribution is 9.10. The molecule has 6 nitrogen and oxygen atoms in total. The Hall–Kier alpha value is -2.15. The number of hydrogen-bond donors (Lipinski definition) is 1. The van der Waals surface area contributed by atoms with E-state index in [1.807, 2.05) is 0 Å². The molecule has 6 atom stereocenters. The third kappa shape index (κ3) is 2.06. The maximum Gasteiger partial charge on any atom is 0.254 e. The van der Waals surface area contributed by atoms with Crippen molar-refractivity contribution in [2.24, 2.45) is 40.6 Å². The molecule has 0 aromatic heterocycles. The van der Waals surface area contributed by atoms with Crippen molar-refractivity contribution in [3.8, 4) is 11.5 Å². The summed E-state index contributed by atoms with van der Waals surface area (Å²) < 4.78 is 5.57. The Labute approximate surface area is 158 Å². The summed E-state index contributed by atoms with van der Waals surface area (Å²) in [6, 6.07) is 3.25. The second kappa shape index (κ2) is 5.42. The van der Waals surface area contributed by atoms with Crippen molar-refractivity contribution >= 4 is 34.0 Å². The monoisotopic (exact) mass is 416 g/mol. The molecule has 6 rings (SSSR count). The predicted molar refractivity (Wildman–Crippen MR) is 96.5 cm³/mol. The van der Waals surface area contributed by atoms with Crippen LogP contribution in [0.3, 0.4) is 0 Å². The molecule has 134 valence electrons. The van der Waals surface area contributed by atoms with E-state index in [0.717, 1.165) is 11.4 Å². The summed E-state index contributed by atoms with van der Waals surface area (Å²) in [5.41, 5.74) is 0.617. The molecular formula is C19H17BrN2O4. The highest BCUT2D eigenvalue weighted by atomic mass is 79.9. The molecule has 0 radical (unpaired) electrons. The minimum absolute atomic E-state index is 0.00845. The van der Waals surface area contributed by atoms with E-state index >= 15 is 0 Å². The summed E-state index contributed by atoms with van der Waals surface area (Å²) in [5, 5.41) is 15.1. The van der Waals surface area contributed by atoms with Crippen LogP contribution in [0, 0.1) is 35.5 Å². The molecule has 1 saturated heterocycles. The van der Waals surface area contributed by atoms with Gasteiger partial charge in [-0.2, -0.15) is 10.1 Å². The summed E-state index contributed by atoms with van der Waals surface area (Å²) >= 11 is 3.25. The number of phenols is 1. The van der Waals surface area contributed by atoms with Crippen LogP contribution >= 0.6 is 15.9 Å². The lowest BCUT2D eigenvalue weighted by Gasteiger charge is -2.37. The normalized spacial score (nSPS) is 36.6. The number of carbonyl (C=O) groups is 2. The summed E-state index contributed by atoms with van der Waals surface area (Å²) in [7, 11) is 1.45. The van der Waals surface area contributed by atoms with Gasteiger partial charge >= 0.3 is 0 Å². The van der Waals surface area contributed by atoms with Crippen LogP contribution in [0.15, 0.2) is 33.9 Å². The third-order valence-electron chi connectivity index (χ3n) is 6.23. The predicted octanol–water partition coefficient (Wildman–Crippen LogP) is 2.55. The van der Waals surface area contributed by atoms with Gasteiger partial charge in [0.1, 0.15) is 0 Å². The average Bonchev–Trinajstić information content (AvgIpc) is 3.41. The zero-order valence-corrected chi connectivity index (χ0v) is 15.6. The Bertz CT molecular complexity index is 860. The van der Waals surface area contributed by atoms with E-state index in [4.69, 9.17) is 4.74 Å². The fourth-order valence-corrected chi connectivity index (χ4v) is 5.46. The third-order valence-corrected chi connectivity index (χ3v) is 6.84. The minimum atomic E-state index is -0.250. The zero-order chi connectivity index (χ0) is 18.2. The molecule has 1 aliphatic heterocycles. The molecule has 1 aromatic rings. The molecule has 5 aliphatic rings. The van der Waals surface area contributed by atoms with Crippen LogP contribution in [0.2, 0.25) is 0 Å². The minimum Gasteiger partial charge on any atom is -0.503 e. The number of nitrogens with zero attached hydrogens (tertiary/aromatic N) is 2. The average molecular weight is 417 g/mol. The smallest absolute Gasteiger partial charge is 0.254 e. The summed E-state index contributed by atoms with van der Waals surface area (Å²) in [6.45, 7) is 0. The molecule has 2 bridgehead atoms. The number of benzene rings is 1. The van der Waals surface area contributed by atoms with Gasteiger partial charge < -0.3 is 9.84 Å². The zero-order valence-electron chi connectivity index (χ0n) is 14.0. The highest BCUT2D eigenvalue weighted by Gasteiger charge is 2.67. The second-order valence-corrected chi connectivity index (χ2v) is 8.30. The Kier molecular flexibility index (Phi) is 3.35. The van der Waals surface area contributed by atoms with Gasteiger partial charge in [0.2, 0.25) is 0 Å². The quantitative estimate of drug-likeness (QED) is 0.466. The molecule has 1 heterocycles. The number of hydrazone groups is 1. The number of hydrogen-bond acceptors (Lipinski definition) is 5. The van der Waals surface area contributed by atoms with Crippen molar-refractivity contribution in [2.75, 3.05) is 7.11 Å². The van der Waals surface area contributed by atoms with E-state index in [9.17, 15) is 14.7 Å². The van der Waals surface area contributed by atoms with E-state index in [0.29, 0.717) is 21.9 Å². The van der Waals surface area contributed by atoms with Crippen LogP contribution < -0.4 is 4.74 Å². The molecule has 2 saturated carbocycles. The van der Waals surface area contributed by atoms with Gasteiger partial charge in [-0.05, 0) is 63.7 Å². The number of methoxy groups -OCH3 is 1. The maximum absolute atomic E-state index is 12.9. The van der Waals surface area contributed by atoms with Crippen molar-refractivity contribution in [1.29, 1.82) is 0 Å². The molecule has 1 N–H and O–H groups in total. The van der Waals surface area contributed by atoms with E-state index < -0.39 is 0 Å². The van der Waals surface area contributed by atoms with Gasteiger partial charge in [0.25, 0.3) is 11.8 Å². The number of imide groups is 1. The van der Waals surface area contributed by atoms with E-state index in [1.165, 1.54) is 13.3 Å². The van der Waals surface area contributed by atoms with Gasteiger partial charge in [-0.25, -0.2) is 0 Å². The van der Waals surface area contributed by atoms with Crippen LogP contribution in [0.4, 0.5) is 0 Å². The Morgan fingerprint density at radius 2 is 1.81 bits per heavy atom. The standard InChI is InChI=1S/C19H17BrN2O4/c1-26-14-5-8(4-13(20)17(14)23)7-21-22-18(24)15-9-2-3-10(12-6-11(9)12)16(15)19(22)25/h2-5,7,9-12,15-16,23H,6H2,1H3/b21-7+/t9-,10-,11-,12-,15-,16+/m1/s1. The van der Waals surface area contributed by atoms with Crippen LogP contribution in [-0.4, -0.2) is 35.3 Å². The van der Waals surface area contributed by atoms with Crippen LogP contribution in [-0.2, 0) is 9.59 Å². The molecule has 26 heavy (non-hydrogen) atoms. The molecular weight excluding hydrogens is 400 g/mol. The first kappa shape index (κ1) is 16.1. The number of carbonyl (C=O) groups excluding carboxylic acids is 2. The summed E-state index contributed by atoms with van der Waals surface area (Å²) in [6.07, 6.45) is 6.87. The molecule has 2 amide bonds.